The number of aliphatic imine (C=N–C) groups is 2. The molecule has 0 saturated heterocycles. The normalized spacial score (nSPS) is 14.3. The van der Waals surface area contributed by atoms with Crippen molar-refractivity contribution in [3.63, 3.8) is 0 Å². The molecule has 4 nitrogen and oxygen atoms in total. The second-order valence-corrected chi connectivity index (χ2v) is 17.2. The Labute approximate surface area is 360 Å². The van der Waals surface area contributed by atoms with Crippen molar-refractivity contribution in [2.45, 2.75) is 6.17 Å². The van der Waals surface area contributed by atoms with Crippen LogP contribution in [-0.4, -0.2) is 11.7 Å². The molecule has 0 spiro atoms. The van der Waals surface area contributed by atoms with Crippen LogP contribution in [0.5, 0.6) is 0 Å². The van der Waals surface area contributed by atoms with Crippen LogP contribution in [0.3, 0.4) is 0 Å². The molecule has 0 bridgehead atoms. The summed E-state index contributed by atoms with van der Waals surface area (Å²) >= 11 is 1.82. The van der Waals surface area contributed by atoms with Gasteiger partial charge in [-0.1, -0.05) is 158 Å². The molecule has 13 rings (SSSR count). The van der Waals surface area contributed by atoms with Crippen LogP contribution in [0.15, 0.2) is 215 Å². The molecule has 0 amide bonds. The van der Waals surface area contributed by atoms with E-state index in [1.54, 1.807) is 0 Å². The lowest BCUT2D eigenvalue weighted by molar-refractivity contribution is 0.667. The van der Waals surface area contributed by atoms with Gasteiger partial charge in [0.2, 0.25) is 0 Å². The minimum atomic E-state index is -0.296. The first-order chi connectivity index (χ1) is 30.7. The van der Waals surface area contributed by atoms with Gasteiger partial charge in [0, 0.05) is 42.1 Å². The van der Waals surface area contributed by atoms with Crippen LogP contribution in [0.4, 0.5) is 0 Å². The third-order valence-electron chi connectivity index (χ3n) is 12.5. The third kappa shape index (κ3) is 5.67. The van der Waals surface area contributed by atoms with Crippen LogP contribution in [0.1, 0.15) is 22.9 Å². The molecule has 0 saturated carbocycles. The lowest BCUT2D eigenvalue weighted by Gasteiger charge is -2.23. The lowest BCUT2D eigenvalue weighted by Crippen LogP contribution is -2.33. The zero-order chi connectivity index (χ0) is 40.7. The SMILES string of the molecule is c1ccc(C2N=C(c3ccc4c(c3)oc3ccccc34)N=C(c3ccc4c(c3)sc3cc(-c5cccc(-c6ccc7c8ccccc8c8ccccc8c7c6)c5)ccc34)N2)cc1. The number of nitrogens with one attached hydrogen (secondary N) is 1. The van der Waals surface area contributed by atoms with E-state index < -0.39 is 0 Å². The van der Waals surface area contributed by atoms with Gasteiger partial charge in [0.05, 0.1) is 0 Å². The molecule has 10 aromatic carbocycles. The van der Waals surface area contributed by atoms with Gasteiger partial charge in [0.15, 0.2) is 5.84 Å². The van der Waals surface area contributed by atoms with Gasteiger partial charge < -0.3 is 9.73 Å². The molecule has 5 heteroatoms. The Morgan fingerprint density at radius 2 is 0.887 bits per heavy atom. The number of benzene rings is 10. The first kappa shape index (κ1) is 34.9. The molecule has 1 N–H and O–H groups in total. The monoisotopic (exact) mass is 809 g/mol. The van der Waals surface area contributed by atoms with E-state index in [4.69, 9.17) is 14.4 Å². The summed E-state index contributed by atoms with van der Waals surface area (Å²) in [5.74, 6) is 1.46. The number of para-hydroxylation sites is 1. The van der Waals surface area contributed by atoms with E-state index in [1.807, 2.05) is 35.6 Å². The van der Waals surface area contributed by atoms with E-state index in [9.17, 15) is 0 Å². The van der Waals surface area contributed by atoms with Crippen LogP contribution >= 0.6 is 11.3 Å². The predicted molar refractivity (Wildman–Crippen MR) is 262 cm³/mol. The van der Waals surface area contributed by atoms with E-state index in [0.29, 0.717) is 5.84 Å². The summed E-state index contributed by atoms with van der Waals surface area (Å²) in [5, 5.41) is 16.1. The molecule has 1 unspecified atom stereocenters. The average molecular weight is 810 g/mol. The van der Waals surface area contributed by atoms with Gasteiger partial charge >= 0.3 is 0 Å². The Morgan fingerprint density at radius 3 is 1.61 bits per heavy atom. The van der Waals surface area contributed by atoms with Gasteiger partial charge in [-0.3, -0.25) is 0 Å². The fraction of sp³-hybridized carbons (Fsp3) is 0.0175. The van der Waals surface area contributed by atoms with Gasteiger partial charge in [-0.25, -0.2) is 9.98 Å². The molecule has 62 heavy (non-hydrogen) atoms. The van der Waals surface area contributed by atoms with E-state index in [2.05, 4.69) is 181 Å². The van der Waals surface area contributed by atoms with Crippen molar-refractivity contribution < 1.29 is 4.42 Å². The van der Waals surface area contributed by atoms with Crippen molar-refractivity contribution in [3.05, 3.63) is 217 Å². The summed E-state index contributed by atoms with van der Waals surface area (Å²) < 4.78 is 8.74. The molecule has 1 aliphatic heterocycles. The second kappa shape index (κ2) is 13.8. The number of hydrogen-bond donors (Lipinski definition) is 1. The summed E-state index contributed by atoms with van der Waals surface area (Å²) in [6.45, 7) is 0. The topological polar surface area (TPSA) is 49.9 Å². The van der Waals surface area contributed by atoms with Crippen molar-refractivity contribution in [3.8, 4) is 22.3 Å². The Balaban J connectivity index is 0.860. The van der Waals surface area contributed by atoms with Gasteiger partial charge in [0.1, 0.15) is 23.2 Å². The highest BCUT2D eigenvalue weighted by molar-refractivity contribution is 7.25. The zero-order valence-corrected chi connectivity index (χ0v) is 34.2. The summed E-state index contributed by atoms with van der Waals surface area (Å²) in [6.07, 6.45) is -0.296. The Bertz CT molecular complexity index is 3820. The molecule has 0 aliphatic carbocycles. The summed E-state index contributed by atoms with van der Waals surface area (Å²) in [5.41, 5.74) is 9.53. The minimum absolute atomic E-state index is 0.296. The quantitative estimate of drug-likeness (QED) is 0.176. The standard InChI is InChI=1S/C57H35N3OS/c1-2-11-34(12-3-1)55-58-56(39-23-26-47-46-19-8-9-20-51(46)61-52(47)31-39)60-57(59-55)40-24-28-49-48-27-22-38(32-53(48)62-54(49)33-40)36-14-10-13-35(29-36)37-21-25-45-43-17-5-4-15-41(43)42-16-6-7-18-44(42)50(45)30-37/h1-33,55H,(H,58,59,60). The number of hydrogen-bond acceptors (Lipinski definition) is 5. The molecule has 1 aliphatic rings. The Morgan fingerprint density at radius 1 is 0.371 bits per heavy atom. The third-order valence-corrected chi connectivity index (χ3v) is 13.6. The van der Waals surface area contributed by atoms with E-state index in [1.165, 1.54) is 74.7 Å². The Hall–Kier alpha value is -7.86. The highest BCUT2D eigenvalue weighted by Gasteiger charge is 2.22. The summed E-state index contributed by atoms with van der Waals surface area (Å²) in [4.78, 5) is 10.3. The molecule has 3 heterocycles. The number of amidine groups is 2. The maximum atomic E-state index is 6.27. The molecule has 290 valence electrons. The van der Waals surface area contributed by atoms with Crippen LogP contribution in [0.2, 0.25) is 0 Å². The molecule has 2 aromatic heterocycles. The summed E-state index contributed by atoms with van der Waals surface area (Å²) in [6, 6.07) is 71.8. The second-order valence-electron chi connectivity index (χ2n) is 16.1. The van der Waals surface area contributed by atoms with Crippen molar-refractivity contribution in [2.75, 3.05) is 0 Å². The van der Waals surface area contributed by atoms with Crippen LogP contribution < -0.4 is 5.32 Å². The highest BCUT2D eigenvalue weighted by Crippen LogP contribution is 2.40. The average Bonchev–Trinajstić information content (AvgIpc) is 3.91. The van der Waals surface area contributed by atoms with Crippen LogP contribution in [0, 0.1) is 0 Å². The number of furan rings is 1. The highest BCUT2D eigenvalue weighted by atomic mass is 32.1. The van der Waals surface area contributed by atoms with E-state index in [0.717, 1.165) is 44.5 Å². The molecule has 0 radical (unpaired) electrons. The van der Waals surface area contributed by atoms with Crippen LogP contribution in [0.25, 0.3) is 96.7 Å². The first-order valence-corrected chi connectivity index (χ1v) is 21.8. The van der Waals surface area contributed by atoms with Gasteiger partial charge in [-0.05, 0) is 103 Å². The van der Waals surface area contributed by atoms with Crippen molar-refractivity contribution in [1.82, 2.24) is 5.32 Å². The molecular formula is C57H35N3OS. The Kier molecular flexibility index (Phi) is 7.81. The fourth-order valence-electron chi connectivity index (χ4n) is 9.47. The van der Waals surface area contributed by atoms with Gasteiger partial charge in [0.25, 0.3) is 0 Å². The minimum Gasteiger partial charge on any atom is -0.456 e. The lowest BCUT2D eigenvalue weighted by atomic mass is 9.91. The molecule has 1 atom stereocenters. The van der Waals surface area contributed by atoms with E-state index in [-0.39, 0.29) is 6.17 Å². The first-order valence-electron chi connectivity index (χ1n) is 21.0. The summed E-state index contributed by atoms with van der Waals surface area (Å²) in [7, 11) is 0. The number of thiophene rings is 1. The van der Waals surface area contributed by atoms with Crippen LogP contribution in [-0.2, 0) is 0 Å². The van der Waals surface area contributed by atoms with Gasteiger partial charge in [-0.2, -0.15) is 0 Å². The fourth-order valence-corrected chi connectivity index (χ4v) is 10.7. The molecule has 12 aromatic rings. The van der Waals surface area contributed by atoms with E-state index >= 15 is 0 Å². The van der Waals surface area contributed by atoms with Gasteiger partial charge in [-0.15, -0.1) is 11.3 Å². The number of fused-ring (bicyclic) bond motifs is 12. The predicted octanol–water partition coefficient (Wildman–Crippen LogP) is 15.2. The van der Waals surface area contributed by atoms with Crippen molar-refractivity contribution in [2.24, 2.45) is 9.98 Å². The maximum absolute atomic E-state index is 6.27. The number of nitrogens with zero attached hydrogens (tertiary/aromatic N) is 2. The van der Waals surface area contributed by atoms with Crippen molar-refractivity contribution in [1.29, 1.82) is 0 Å². The smallest absolute Gasteiger partial charge is 0.159 e. The zero-order valence-electron chi connectivity index (χ0n) is 33.3. The number of rotatable bonds is 5. The largest absolute Gasteiger partial charge is 0.456 e. The van der Waals surface area contributed by atoms with Crippen molar-refractivity contribution >= 4 is 97.4 Å². The maximum Gasteiger partial charge on any atom is 0.159 e. The molecule has 0 fully saturated rings. The molecular weight excluding hydrogens is 775 g/mol.